The summed E-state index contributed by atoms with van der Waals surface area (Å²) in [4.78, 5) is 33.1. The van der Waals surface area contributed by atoms with Gasteiger partial charge in [0.1, 0.15) is 18.1 Å². The highest BCUT2D eigenvalue weighted by Gasteiger charge is 2.32. The standard InChI is InChI=1S/C35H28ClN3O4S/c1-22-31(33(40)38-27-9-4-3-5-10-27)32(24-14-18-28(42-2)19-15-24)39-34(41)30(44-35(39)37-22)20-25-8-6-7-11-29(25)43-21-23-12-16-26(36)17-13-23/h3-20,32H,21H2,1-2H3,(H,38,40)/b30-20+/t32-/m0/s1. The van der Waals surface area contributed by atoms with E-state index in [1.807, 2.05) is 109 Å². The van der Waals surface area contributed by atoms with E-state index in [9.17, 15) is 9.59 Å². The summed E-state index contributed by atoms with van der Waals surface area (Å²) in [6, 6.07) is 30.9. The molecule has 1 aliphatic heterocycles. The summed E-state index contributed by atoms with van der Waals surface area (Å²) in [7, 11) is 1.60. The van der Waals surface area contributed by atoms with Crippen LogP contribution in [0, 0.1) is 0 Å². The number of rotatable bonds is 8. The van der Waals surface area contributed by atoms with Crippen molar-refractivity contribution in [1.82, 2.24) is 4.57 Å². The number of nitrogens with zero attached hydrogens (tertiary/aromatic N) is 2. The summed E-state index contributed by atoms with van der Waals surface area (Å²) >= 11 is 7.30. The van der Waals surface area contributed by atoms with E-state index >= 15 is 0 Å². The maximum Gasteiger partial charge on any atom is 0.271 e. The maximum atomic E-state index is 14.1. The normalized spacial score (nSPS) is 14.5. The highest BCUT2D eigenvalue weighted by Crippen LogP contribution is 2.32. The first kappa shape index (κ1) is 29.2. The van der Waals surface area contributed by atoms with Gasteiger partial charge in [-0.15, -0.1) is 0 Å². The van der Waals surface area contributed by atoms with E-state index < -0.39 is 6.04 Å². The van der Waals surface area contributed by atoms with Gasteiger partial charge >= 0.3 is 0 Å². The van der Waals surface area contributed by atoms with Gasteiger partial charge < -0.3 is 14.8 Å². The quantitative estimate of drug-likeness (QED) is 0.227. The van der Waals surface area contributed by atoms with Gasteiger partial charge in [-0.1, -0.05) is 83.6 Å². The van der Waals surface area contributed by atoms with E-state index in [1.165, 1.54) is 11.3 Å². The van der Waals surface area contributed by atoms with E-state index in [2.05, 4.69) is 5.32 Å². The molecular weight excluding hydrogens is 594 g/mol. The van der Waals surface area contributed by atoms with E-state index in [0.29, 0.717) is 49.4 Å². The molecule has 0 saturated heterocycles. The lowest BCUT2D eigenvalue weighted by atomic mass is 9.95. The van der Waals surface area contributed by atoms with Crippen LogP contribution < -0.4 is 29.7 Å². The second-order valence-electron chi connectivity index (χ2n) is 10.1. The zero-order valence-corrected chi connectivity index (χ0v) is 25.6. The zero-order valence-electron chi connectivity index (χ0n) is 24.0. The molecule has 0 aliphatic carbocycles. The molecule has 7 nitrogen and oxygen atoms in total. The molecule has 1 aliphatic rings. The summed E-state index contributed by atoms with van der Waals surface area (Å²) in [6.45, 7) is 2.15. The molecular formula is C35H28ClN3O4S. The van der Waals surface area contributed by atoms with Crippen LogP contribution in [-0.2, 0) is 11.4 Å². The molecule has 0 spiro atoms. The van der Waals surface area contributed by atoms with Crippen molar-refractivity contribution in [1.29, 1.82) is 0 Å². The minimum atomic E-state index is -0.695. The Morgan fingerprint density at radius 1 is 0.977 bits per heavy atom. The van der Waals surface area contributed by atoms with Crippen molar-refractivity contribution in [3.8, 4) is 11.5 Å². The van der Waals surface area contributed by atoms with E-state index in [0.717, 1.165) is 16.7 Å². The molecule has 0 saturated carbocycles. The molecule has 44 heavy (non-hydrogen) atoms. The van der Waals surface area contributed by atoms with Gasteiger partial charge in [0.15, 0.2) is 4.80 Å². The number of allylic oxidation sites excluding steroid dienone is 1. The molecule has 4 aromatic carbocycles. The second-order valence-corrected chi connectivity index (χ2v) is 11.6. The van der Waals surface area contributed by atoms with Gasteiger partial charge in [-0.3, -0.25) is 14.2 Å². The smallest absolute Gasteiger partial charge is 0.271 e. The number of para-hydroxylation sites is 2. The number of benzene rings is 4. The highest BCUT2D eigenvalue weighted by atomic mass is 35.5. The van der Waals surface area contributed by atoms with Crippen LogP contribution in [0.3, 0.4) is 0 Å². The summed E-state index contributed by atoms with van der Waals surface area (Å²) < 4.78 is 13.6. The van der Waals surface area contributed by atoms with Crippen LogP contribution in [0.2, 0.25) is 5.02 Å². The lowest BCUT2D eigenvalue weighted by molar-refractivity contribution is -0.113. The number of ether oxygens (including phenoxy) is 2. The third kappa shape index (κ3) is 6.08. The van der Waals surface area contributed by atoms with Gasteiger partial charge in [-0.2, -0.15) is 0 Å². The molecule has 0 fully saturated rings. The monoisotopic (exact) mass is 621 g/mol. The number of thiazole rings is 1. The number of carbonyl (C=O) groups excluding carboxylic acids is 1. The van der Waals surface area contributed by atoms with Gasteiger partial charge in [0, 0.05) is 16.3 Å². The Morgan fingerprint density at radius 3 is 2.41 bits per heavy atom. The molecule has 0 unspecified atom stereocenters. The molecule has 1 amide bonds. The van der Waals surface area contributed by atoms with Crippen LogP contribution in [0.5, 0.6) is 11.5 Å². The Hall–Kier alpha value is -4.92. The number of fused-ring (bicyclic) bond motifs is 1. The van der Waals surface area contributed by atoms with E-state index in [1.54, 1.807) is 18.6 Å². The first-order chi connectivity index (χ1) is 21.4. The molecule has 2 heterocycles. The number of carbonyl (C=O) groups is 1. The Bertz CT molecular complexity index is 2030. The largest absolute Gasteiger partial charge is 0.497 e. The van der Waals surface area contributed by atoms with Crippen molar-refractivity contribution < 1.29 is 14.3 Å². The molecule has 1 atom stereocenters. The first-order valence-corrected chi connectivity index (χ1v) is 15.1. The van der Waals surface area contributed by atoms with Gasteiger partial charge in [-0.25, -0.2) is 4.99 Å². The zero-order chi connectivity index (χ0) is 30.6. The fraction of sp³-hybridized carbons (Fsp3) is 0.114. The van der Waals surface area contributed by atoms with Crippen molar-refractivity contribution >= 4 is 40.6 Å². The van der Waals surface area contributed by atoms with Gasteiger partial charge in [0.2, 0.25) is 0 Å². The molecule has 0 bridgehead atoms. The van der Waals surface area contributed by atoms with Crippen molar-refractivity contribution in [2.75, 3.05) is 12.4 Å². The highest BCUT2D eigenvalue weighted by molar-refractivity contribution is 7.07. The number of methoxy groups -OCH3 is 1. The summed E-state index contributed by atoms with van der Waals surface area (Å²) in [5.74, 6) is 0.986. The minimum Gasteiger partial charge on any atom is -0.497 e. The van der Waals surface area contributed by atoms with Crippen molar-refractivity contribution in [3.63, 3.8) is 0 Å². The Balaban J connectivity index is 1.42. The van der Waals surface area contributed by atoms with Crippen molar-refractivity contribution in [2.24, 2.45) is 4.99 Å². The maximum absolute atomic E-state index is 14.1. The van der Waals surface area contributed by atoms with Crippen LogP contribution in [0.1, 0.15) is 29.7 Å². The van der Waals surface area contributed by atoms with Crippen molar-refractivity contribution in [3.05, 3.63) is 156 Å². The minimum absolute atomic E-state index is 0.250. The SMILES string of the molecule is COc1ccc([C@H]2C(C(=O)Nc3ccccc3)=C(C)N=c3s/c(=C/c4ccccc4OCc4ccc(Cl)cc4)c(=O)n32)cc1. The molecule has 1 aromatic heterocycles. The molecule has 6 rings (SSSR count). The molecule has 220 valence electrons. The molecule has 9 heteroatoms. The summed E-state index contributed by atoms with van der Waals surface area (Å²) in [5.41, 5.74) is 3.82. The first-order valence-electron chi connectivity index (χ1n) is 13.9. The average molecular weight is 622 g/mol. The van der Waals surface area contributed by atoms with Crippen LogP contribution >= 0.6 is 22.9 Å². The topological polar surface area (TPSA) is 81.9 Å². The lowest BCUT2D eigenvalue weighted by Crippen LogP contribution is -2.40. The van der Waals surface area contributed by atoms with Crippen LogP contribution in [-0.4, -0.2) is 17.6 Å². The number of anilines is 1. The average Bonchev–Trinajstić information content (AvgIpc) is 3.35. The number of nitrogens with one attached hydrogen (secondary N) is 1. The number of halogens is 1. The van der Waals surface area contributed by atoms with Crippen LogP contribution in [0.25, 0.3) is 6.08 Å². The van der Waals surface area contributed by atoms with Crippen LogP contribution in [0.4, 0.5) is 5.69 Å². The molecule has 1 N–H and O–H groups in total. The number of aromatic nitrogens is 1. The lowest BCUT2D eigenvalue weighted by Gasteiger charge is -2.25. The molecule has 0 radical (unpaired) electrons. The number of hydrogen-bond acceptors (Lipinski definition) is 6. The predicted octanol–water partition coefficient (Wildman–Crippen LogP) is 6.11. The van der Waals surface area contributed by atoms with Crippen LogP contribution in [0.15, 0.2) is 124 Å². The van der Waals surface area contributed by atoms with Gasteiger partial charge in [0.25, 0.3) is 11.5 Å². The van der Waals surface area contributed by atoms with Gasteiger partial charge in [0.05, 0.1) is 29.0 Å². The van der Waals surface area contributed by atoms with E-state index in [4.69, 9.17) is 26.1 Å². The fourth-order valence-corrected chi connectivity index (χ4v) is 6.21. The second kappa shape index (κ2) is 12.8. The van der Waals surface area contributed by atoms with Gasteiger partial charge in [-0.05, 0) is 66.6 Å². The fourth-order valence-electron chi connectivity index (χ4n) is 5.05. The Morgan fingerprint density at radius 2 is 1.68 bits per heavy atom. The third-order valence-electron chi connectivity index (χ3n) is 7.24. The Kier molecular flexibility index (Phi) is 8.45. The summed E-state index contributed by atoms with van der Waals surface area (Å²) in [5, 5.41) is 3.63. The third-order valence-corrected chi connectivity index (χ3v) is 8.48. The Labute approximate surface area is 263 Å². The molecule has 5 aromatic rings. The van der Waals surface area contributed by atoms with E-state index in [-0.39, 0.29) is 11.5 Å². The van der Waals surface area contributed by atoms with Crippen molar-refractivity contribution in [2.45, 2.75) is 19.6 Å². The number of hydrogen-bond donors (Lipinski definition) is 1. The number of amides is 1. The predicted molar refractivity (Wildman–Crippen MR) is 174 cm³/mol. The summed E-state index contributed by atoms with van der Waals surface area (Å²) in [6.07, 6.45) is 1.81.